The minimum absolute atomic E-state index is 0.471. The van der Waals surface area contributed by atoms with Crippen molar-refractivity contribution in [1.29, 1.82) is 0 Å². The summed E-state index contributed by atoms with van der Waals surface area (Å²) in [5.41, 5.74) is 7.80. The van der Waals surface area contributed by atoms with E-state index in [0.717, 1.165) is 12.1 Å². The van der Waals surface area contributed by atoms with Gasteiger partial charge in [-0.2, -0.15) is 0 Å². The molecule has 1 aromatic rings. The van der Waals surface area contributed by atoms with Crippen LogP contribution in [0.5, 0.6) is 5.88 Å². The third-order valence-corrected chi connectivity index (χ3v) is 2.07. The average Bonchev–Trinajstić information content (AvgIpc) is 2.17. The summed E-state index contributed by atoms with van der Waals surface area (Å²) in [5, 5.41) is 0. The summed E-state index contributed by atoms with van der Waals surface area (Å²) < 4.78 is 5.05. The number of ether oxygens (including phenoxy) is 1. The molecule has 1 rings (SSSR count). The topological polar surface area (TPSA) is 48.1 Å². The van der Waals surface area contributed by atoms with Crippen molar-refractivity contribution in [3.05, 3.63) is 23.4 Å². The normalized spacial score (nSPS) is 10.6. The maximum absolute atomic E-state index is 5.63. The van der Waals surface area contributed by atoms with Crippen molar-refractivity contribution in [3.63, 3.8) is 0 Å². The fourth-order valence-electron chi connectivity index (χ4n) is 1.43. The molecule has 0 spiro atoms. The van der Waals surface area contributed by atoms with E-state index in [4.69, 9.17) is 10.5 Å². The van der Waals surface area contributed by atoms with Crippen LogP contribution in [0.1, 0.15) is 25.1 Å². The van der Waals surface area contributed by atoms with Gasteiger partial charge >= 0.3 is 0 Å². The third-order valence-electron chi connectivity index (χ3n) is 2.07. The molecule has 1 aromatic heterocycles. The molecule has 3 heteroatoms. The first-order chi connectivity index (χ1) is 6.67. The smallest absolute Gasteiger partial charge is 0.213 e. The predicted molar refractivity (Wildman–Crippen MR) is 57.2 cm³/mol. The van der Waals surface area contributed by atoms with Gasteiger partial charge in [-0.05, 0) is 17.9 Å². The van der Waals surface area contributed by atoms with Crippen molar-refractivity contribution in [2.45, 2.75) is 26.8 Å². The molecule has 0 unspecified atom stereocenters. The molecule has 0 aliphatic rings. The second kappa shape index (κ2) is 4.96. The number of nitrogens with two attached hydrogens (primary N) is 1. The fraction of sp³-hybridized carbons (Fsp3) is 0.545. The summed E-state index contributed by atoms with van der Waals surface area (Å²) >= 11 is 0. The van der Waals surface area contributed by atoms with E-state index in [-0.39, 0.29) is 0 Å². The Morgan fingerprint density at radius 1 is 1.43 bits per heavy atom. The molecule has 0 fully saturated rings. The van der Waals surface area contributed by atoms with Crippen molar-refractivity contribution in [2.75, 3.05) is 7.11 Å². The van der Waals surface area contributed by atoms with Gasteiger partial charge in [-0.25, -0.2) is 4.98 Å². The number of pyridine rings is 1. The minimum Gasteiger partial charge on any atom is -0.481 e. The lowest BCUT2D eigenvalue weighted by Crippen LogP contribution is -2.07. The third kappa shape index (κ3) is 2.70. The lowest BCUT2D eigenvalue weighted by molar-refractivity contribution is 0.395. The van der Waals surface area contributed by atoms with Gasteiger partial charge in [0, 0.05) is 12.6 Å². The monoisotopic (exact) mass is 194 g/mol. The molecule has 0 bridgehead atoms. The van der Waals surface area contributed by atoms with Crippen LogP contribution < -0.4 is 10.5 Å². The van der Waals surface area contributed by atoms with Crippen molar-refractivity contribution in [1.82, 2.24) is 4.98 Å². The van der Waals surface area contributed by atoms with Crippen LogP contribution in [0.25, 0.3) is 0 Å². The van der Waals surface area contributed by atoms with Gasteiger partial charge in [0.1, 0.15) is 0 Å². The SMILES string of the molecule is COc1ccc(CC(C)C)c(CN)n1. The number of nitrogens with zero attached hydrogens (tertiary/aromatic N) is 1. The molecule has 0 saturated carbocycles. The van der Waals surface area contributed by atoms with Gasteiger partial charge in [0.25, 0.3) is 0 Å². The zero-order valence-electron chi connectivity index (χ0n) is 9.08. The summed E-state index contributed by atoms with van der Waals surface area (Å²) in [4.78, 5) is 4.32. The van der Waals surface area contributed by atoms with Crippen LogP contribution in [0.4, 0.5) is 0 Å². The first-order valence-electron chi connectivity index (χ1n) is 4.90. The zero-order chi connectivity index (χ0) is 10.6. The van der Waals surface area contributed by atoms with E-state index in [1.54, 1.807) is 7.11 Å². The van der Waals surface area contributed by atoms with E-state index in [1.807, 2.05) is 12.1 Å². The lowest BCUT2D eigenvalue weighted by atomic mass is 10.0. The Morgan fingerprint density at radius 3 is 2.64 bits per heavy atom. The highest BCUT2D eigenvalue weighted by Crippen LogP contribution is 2.15. The Hall–Kier alpha value is -1.09. The maximum Gasteiger partial charge on any atom is 0.213 e. The van der Waals surface area contributed by atoms with Crippen molar-refractivity contribution >= 4 is 0 Å². The first-order valence-corrected chi connectivity index (χ1v) is 4.90. The van der Waals surface area contributed by atoms with Crippen LogP contribution in [0.2, 0.25) is 0 Å². The maximum atomic E-state index is 5.63. The van der Waals surface area contributed by atoms with Crippen LogP contribution in [-0.4, -0.2) is 12.1 Å². The molecule has 0 aromatic carbocycles. The quantitative estimate of drug-likeness (QED) is 0.794. The number of methoxy groups -OCH3 is 1. The van der Waals surface area contributed by atoms with Gasteiger partial charge in [-0.1, -0.05) is 19.9 Å². The molecule has 0 aliphatic carbocycles. The fourth-order valence-corrected chi connectivity index (χ4v) is 1.43. The molecule has 3 nitrogen and oxygen atoms in total. The molecule has 0 amide bonds. The van der Waals surface area contributed by atoms with Gasteiger partial charge in [0.15, 0.2) is 0 Å². The van der Waals surface area contributed by atoms with E-state index in [9.17, 15) is 0 Å². The van der Waals surface area contributed by atoms with Gasteiger partial charge in [0.2, 0.25) is 5.88 Å². The Kier molecular flexibility index (Phi) is 3.89. The Labute approximate surface area is 85.3 Å². The molecule has 14 heavy (non-hydrogen) atoms. The van der Waals surface area contributed by atoms with Gasteiger partial charge in [-0.3, -0.25) is 0 Å². The highest BCUT2D eigenvalue weighted by molar-refractivity contribution is 5.26. The lowest BCUT2D eigenvalue weighted by Gasteiger charge is -2.10. The second-order valence-corrected chi connectivity index (χ2v) is 3.76. The summed E-state index contributed by atoms with van der Waals surface area (Å²) in [5.74, 6) is 1.26. The van der Waals surface area contributed by atoms with E-state index in [0.29, 0.717) is 18.3 Å². The standard InChI is InChI=1S/C11H18N2O/c1-8(2)6-9-4-5-11(14-3)13-10(9)7-12/h4-5,8H,6-7,12H2,1-3H3. The molecule has 1 heterocycles. The molecule has 78 valence electrons. The number of hydrogen-bond acceptors (Lipinski definition) is 3. The number of aromatic nitrogens is 1. The van der Waals surface area contributed by atoms with Crippen molar-refractivity contribution in [2.24, 2.45) is 11.7 Å². The molecule has 2 N–H and O–H groups in total. The van der Waals surface area contributed by atoms with E-state index < -0.39 is 0 Å². The highest BCUT2D eigenvalue weighted by Gasteiger charge is 2.06. The average molecular weight is 194 g/mol. The highest BCUT2D eigenvalue weighted by atomic mass is 16.5. The van der Waals surface area contributed by atoms with Gasteiger partial charge in [-0.15, -0.1) is 0 Å². The Morgan fingerprint density at radius 2 is 2.14 bits per heavy atom. The van der Waals surface area contributed by atoms with E-state index >= 15 is 0 Å². The van der Waals surface area contributed by atoms with Crippen molar-refractivity contribution < 1.29 is 4.74 Å². The van der Waals surface area contributed by atoms with Crippen LogP contribution >= 0.6 is 0 Å². The molecule has 0 aliphatic heterocycles. The van der Waals surface area contributed by atoms with Gasteiger partial charge < -0.3 is 10.5 Å². The molecular formula is C11H18N2O. The predicted octanol–water partition coefficient (Wildman–Crippen LogP) is 1.75. The molecule has 0 atom stereocenters. The van der Waals surface area contributed by atoms with E-state index in [1.165, 1.54) is 5.56 Å². The largest absolute Gasteiger partial charge is 0.481 e. The van der Waals surface area contributed by atoms with Crippen LogP contribution in [-0.2, 0) is 13.0 Å². The molecular weight excluding hydrogens is 176 g/mol. The molecule has 0 radical (unpaired) electrons. The summed E-state index contributed by atoms with van der Waals surface area (Å²) in [6.45, 7) is 4.84. The zero-order valence-corrected chi connectivity index (χ0v) is 9.08. The van der Waals surface area contributed by atoms with Gasteiger partial charge in [0.05, 0.1) is 12.8 Å². The summed E-state index contributed by atoms with van der Waals surface area (Å²) in [7, 11) is 1.62. The summed E-state index contributed by atoms with van der Waals surface area (Å²) in [6.07, 6.45) is 1.02. The number of rotatable bonds is 4. The Balaban J connectivity index is 2.93. The first kappa shape index (κ1) is 11.0. The van der Waals surface area contributed by atoms with Crippen LogP contribution in [0, 0.1) is 5.92 Å². The number of hydrogen-bond donors (Lipinski definition) is 1. The molecule has 0 saturated heterocycles. The van der Waals surface area contributed by atoms with Crippen molar-refractivity contribution in [3.8, 4) is 5.88 Å². The second-order valence-electron chi connectivity index (χ2n) is 3.76. The van der Waals surface area contributed by atoms with E-state index in [2.05, 4.69) is 18.8 Å². The minimum atomic E-state index is 0.471. The Bertz CT molecular complexity index is 297. The summed E-state index contributed by atoms with van der Waals surface area (Å²) in [6, 6.07) is 3.94. The van der Waals surface area contributed by atoms with Crippen LogP contribution in [0.3, 0.4) is 0 Å². The van der Waals surface area contributed by atoms with Crippen LogP contribution in [0.15, 0.2) is 12.1 Å².